The fourth-order valence-corrected chi connectivity index (χ4v) is 5.21. The molecule has 3 aliphatic rings. The van der Waals surface area contributed by atoms with Crippen LogP contribution in [0.1, 0.15) is 30.9 Å². The van der Waals surface area contributed by atoms with Gasteiger partial charge in [0.1, 0.15) is 5.75 Å². The van der Waals surface area contributed by atoms with Gasteiger partial charge in [0.2, 0.25) is 0 Å². The summed E-state index contributed by atoms with van der Waals surface area (Å²) in [6, 6.07) is 8.45. The summed E-state index contributed by atoms with van der Waals surface area (Å²) in [5.41, 5.74) is 5.42. The summed E-state index contributed by atoms with van der Waals surface area (Å²) in [6.07, 6.45) is 3.47. The summed E-state index contributed by atoms with van der Waals surface area (Å²) in [5.74, 6) is 0.883. The van der Waals surface area contributed by atoms with Crippen molar-refractivity contribution in [1.82, 2.24) is 10.6 Å². The van der Waals surface area contributed by atoms with Crippen molar-refractivity contribution in [2.24, 2.45) is 0 Å². The van der Waals surface area contributed by atoms with E-state index in [1.54, 1.807) is 7.11 Å². The molecule has 1 saturated heterocycles. The molecule has 0 aromatic heterocycles. The number of methoxy groups -OCH3 is 1. The van der Waals surface area contributed by atoms with Crippen LogP contribution >= 0.6 is 35.7 Å². The van der Waals surface area contributed by atoms with Gasteiger partial charge in [-0.05, 0) is 60.3 Å². The summed E-state index contributed by atoms with van der Waals surface area (Å²) in [7, 11) is 1.70. The Balaban J connectivity index is 1.75. The van der Waals surface area contributed by atoms with Crippen molar-refractivity contribution in [1.29, 1.82) is 0 Å². The molecule has 2 N–H and O–H groups in total. The van der Waals surface area contributed by atoms with Gasteiger partial charge in [-0.25, -0.2) is 0 Å². The number of rotatable bonds is 2. The summed E-state index contributed by atoms with van der Waals surface area (Å²) in [5, 5.41) is 8.77. The van der Waals surface area contributed by atoms with E-state index in [-0.39, 0.29) is 6.04 Å². The van der Waals surface area contributed by atoms with E-state index in [9.17, 15) is 0 Å². The highest BCUT2D eigenvalue weighted by atomic mass is 32.3. The number of thioether (sulfide) groups is 2. The third-order valence-corrected chi connectivity index (χ3v) is 7.32. The Bertz CT molecular complexity index is 703. The first-order chi connectivity index (χ1) is 11.3. The molecule has 3 nitrogen and oxygen atoms in total. The van der Waals surface area contributed by atoms with Gasteiger partial charge in [-0.2, -0.15) is 0 Å². The zero-order valence-corrected chi connectivity index (χ0v) is 15.3. The molecular weight excluding hydrogens is 344 g/mol. The Morgan fingerprint density at radius 1 is 1.17 bits per heavy atom. The lowest BCUT2D eigenvalue weighted by Gasteiger charge is -2.37. The average molecular weight is 363 g/mol. The third kappa shape index (κ3) is 2.88. The molecule has 2 heterocycles. The fraction of sp³-hybridized carbons (Fsp3) is 0.353. The van der Waals surface area contributed by atoms with Crippen molar-refractivity contribution in [2.45, 2.75) is 25.3 Å². The fourth-order valence-electron chi connectivity index (χ4n) is 3.29. The van der Waals surface area contributed by atoms with Crippen molar-refractivity contribution < 1.29 is 4.74 Å². The normalized spacial score (nSPS) is 23.7. The number of nitrogens with one attached hydrogen (secondary N) is 2. The van der Waals surface area contributed by atoms with Gasteiger partial charge in [-0.3, -0.25) is 0 Å². The Hall–Kier alpha value is -1.11. The monoisotopic (exact) mass is 362 g/mol. The molecular formula is C17H18N2OS3. The lowest BCUT2D eigenvalue weighted by atomic mass is 9.84. The van der Waals surface area contributed by atoms with Crippen molar-refractivity contribution in [3.05, 3.63) is 50.9 Å². The number of allylic oxidation sites excluding steroid dienone is 1. The Morgan fingerprint density at radius 3 is 2.61 bits per heavy atom. The van der Waals surface area contributed by atoms with Gasteiger partial charge in [0, 0.05) is 15.0 Å². The highest BCUT2D eigenvalue weighted by Crippen LogP contribution is 2.50. The first kappa shape index (κ1) is 15.4. The van der Waals surface area contributed by atoms with Gasteiger partial charge in [-0.1, -0.05) is 12.1 Å². The minimum atomic E-state index is 0.163. The first-order valence-corrected chi connectivity index (χ1v) is 10.1. The van der Waals surface area contributed by atoms with Crippen LogP contribution in [0, 0.1) is 0 Å². The van der Waals surface area contributed by atoms with E-state index in [1.807, 2.05) is 35.7 Å². The van der Waals surface area contributed by atoms with E-state index in [4.69, 9.17) is 17.0 Å². The zero-order chi connectivity index (χ0) is 15.8. The van der Waals surface area contributed by atoms with Crippen LogP contribution in [0.25, 0.3) is 0 Å². The highest BCUT2D eigenvalue weighted by Gasteiger charge is 2.32. The number of benzene rings is 1. The van der Waals surface area contributed by atoms with Crippen LogP contribution in [-0.2, 0) is 0 Å². The molecule has 4 rings (SSSR count). The largest absolute Gasteiger partial charge is 0.497 e. The van der Waals surface area contributed by atoms with Crippen molar-refractivity contribution >= 4 is 40.9 Å². The lowest BCUT2D eigenvalue weighted by Crippen LogP contribution is -2.45. The maximum atomic E-state index is 5.48. The number of ether oxygens (including phenoxy) is 1. The van der Waals surface area contributed by atoms with Gasteiger partial charge in [0.15, 0.2) is 5.11 Å². The minimum absolute atomic E-state index is 0.163. The molecule has 0 bridgehead atoms. The summed E-state index contributed by atoms with van der Waals surface area (Å²) in [6.45, 7) is 0. The third-order valence-electron chi connectivity index (χ3n) is 4.43. The molecule has 120 valence electrons. The average Bonchev–Trinajstić information content (AvgIpc) is 2.53. The molecule has 6 heteroatoms. The Kier molecular flexibility index (Phi) is 4.30. The molecule has 23 heavy (non-hydrogen) atoms. The number of hydrogen-bond acceptors (Lipinski definition) is 4. The van der Waals surface area contributed by atoms with Crippen LogP contribution in [-0.4, -0.2) is 17.3 Å². The van der Waals surface area contributed by atoms with Crippen LogP contribution < -0.4 is 15.4 Å². The molecule has 0 radical (unpaired) electrons. The Labute approximate surface area is 150 Å². The SMILES string of the molecule is COc1ccc(C2NC(=S)NC3=C2CCCC3=C2SCS2)cc1. The van der Waals surface area contributed by atoms with E-state index < -0.39 is 0 Å². The summed E-state index contributed by atoms with van der Waals surface area (Å²) >= 11 is 9.39. The molecule has 0 saturated carbocycles. The zero-order valence-electron chi connectivity index (χ0n) is 12.8. The van der Waals surface area contributed by atoms with Crippen molar-refractivity contribution in [3.8, 4) is 5.75 Å². The quantitative estimate of drug-likeness (QED) is 0.764. The van der Waals surface area contributed by atoms with Crippen LogP contribution in [0.2, 0.25) is 0 Å². The first-order valence-electron chi connectivity index (χ1n) is 7.70. The second kappa shape index (κ2) is 6.42. The van der Waals surface area contributed by atoms with Gasteiger partial charge in [-0.15, -0.1) is 23.5 Å². The standard InChI is InChI=1S/C17H18N2OS3/c1-20-11-7-5-10(6-8-11)14-12-3-2-4-13(16-22-9-23-16)15(12)19-17(21)18-14/h5-8,14H,2-4,9H2,1H3,(H2,18,19,21). The van der Waals surface area contributed by atoms with E-state index >= 15 is 0 Å². The second-order valence-electron chi connectivity index (χ2n) is 5.73. The predicted molar refractivity (Wildman–Crippen MR) is 103 cm³/mol. The summed E-state index contributed by atoms with van der Waals surface area (Å²) < 4.78 is 6.75. The predicted octanol–water partition coefficient (Wildman–Crippen LogP) is 4.30. The van der Waals surface area contributed by atoms with Crippen LogP contribution in [0.15, 0.2) is 45.3 Å². The van der Waals surface area contributed by atoms with E-state index in [2.05, 4.69) is 22.8 Å². The topological polar surface area (TPSA) is 33.3 Å². The number of thiocarbonyl (C=S) groups is 1. The smallest absolute Gasteiger partial charge is 0.171 e. The molecule has 1 aromatic carbocycles. The highest BCUT2D eigenvalue weighted by molar-refractivity contribution is 8.37. The molecule has 0 amide bonds. The molecule has 1 fully saturated rings. The molecule has 2 aliphatic heterocycles. The van der Waals surface area contributed by atoms with Crippen LogP contribution in [0.3, 0.4) is 0 Å². The second-order valence-corrected chi connectivity index (χ2v) is 8.73. The maximum absolute atomic E-state index is 5.48. The van der Waals surface area contributed by atoms with Crippen LogP contribution in [0.4, 0.5) is 0 Å². The number of hydrogen-bond donors (Lipinski definition) is 2. The molecule has 1 aliphatic carbocycles. The van der Waals surface area contributed by atoms with Gasteiger partial charge >= 0.3 is 0 Å². The van der Waals surface area contributed by atoms with Crippen LogP contribution in [0.5, 0.6) is 5.75 Å². The van der Waals surface area contributed by atoms with Gasteiger partial charge < -0.3 is 15.4 Å². The van der Waals surface area contributed by atoms with E-state index in [0.29, 0.717) is 0 Å². The maximum Gasteiger partial charge on any atom is 0.171 e. The minimum Gasteiger partial charge on any atom is -0.497 e. The van der Waals surface area contributed by atoms with E-state index in [1.165, 1.54) is 38.1 Å². The molecule has 1 unspecified atom stereocenters. The lowest BCUT2D eigenvalue weighted by molar-refractivity contribution is 0.414. The van der Waals surface area contributed by atoms with E-state index in [0.717, 1.165) is 23.7 Å². The molecule has 0 spiro atoms. The Morgan fingerprint density at radius 2 is 1.96 bits per heavy atom. The summed E-state index contributed by atoms with van der Waals surface area (Å²) in [4.78, 5) is 0. The van der Waals surface area contributed by atoms with Gasteiger partial charge in [0.05, 0.1) is 13.2 Å². The van der Waals surface area contributed by atoms with Gasteiger partial charge in [0.25, 0.3) is 0 Å². The molecule has 1 aromatic rings. The molecule has 1 atom stereocenters. The van der Waals surface area contributed by atoms with Crippen molar-refractivity contribution in [2.75, 3.05) is 12.2 Å². The van der Waals surface area contributed by atoms with Crippen molar-refractivity contribution in [3.63, 3.8) is 0 Å².